The van der Waals surface area contributed by atoms with E-state index >= 15 is 0 Å². The number of rotatable bonds is 13. The van der Waals surface area contributed by atoms with E-state index in [4.69, 9.17) is 4.74 Å². The van der Waals surface area contributed by atoms with Crippen LogP contribution in [0, 0.1) is 12.8 Å². The highest BCUT2D eigenvalue weighted by Crippen LogP contribution is 2.26. The Balaban J connectivity index is 2.02. The fraction of sp³-hybridized carbons (Fsp3) is 0.355. The van der Waals surface area contributed by atoms with Gasteiger partial charge in [0.25, 0.3) is 10.0 Å². The summed E-state index contributed by atoms with van der Waals surface area (Å²) in [6.45, 7) is 7.91. The van der Waals surface area contributed by atoms with Crippen LogP contribution in [-0.2, 0) is 26.2 Å². The number of carbonyl (C=O) groups excluding carboxylic acids is 2. The van der Waals surface area contributed by atoms with E-state index < -0.39 is 28.5 Å². The predicted molar refractivity (Wildman–Crippen MR) is 158 cm³/mol. The molecule has 1 unspecified atom stereocenters. The third-order valence-corrected chi connectivity index (χ3v) is 8.30. The molecule has 0 heterocycles. The molecule has 0 aromatic heterocycles. The zero-order chi connectivity index (χ0) is 29.3. The van der Waals surface area contributed by atoms with E-state index in [0.29, 0.717) is 24.4 Å². The smallest absolute Gasteiger partial charge is 0.264 e. The SMILES string of the molecule is CCC(C(=O)NCC(C)C)N(Cc1ccccc1)C(=O)CN(c1ccc(C)cc1)S(=O)(=O)c1ccc(OC)cc1. The molecule has 3 aromatic rings. The summed E-state index contributed by atoms with van der Waals surface area (Å²) in [5, 5.41) is 2.94. The van der Waals surface area contributed by atoms with Gasteiger partial charge in [-0.3, -0.25) is 13.9 Å². The molecule has 0 bridgehead atoms. The van der Waals surface area contributed by atoms with E-state index in [1.165, 1.54) is 24.1 Å². The van der Waals surface area contributed by atoms with Crippen molar-refractivity contribution in [2.45, 2.75) is 51.6 Å². The van der Waals surface area contributed by atoms with Crippen LogP contribution in [-0.4, -0.2) is 51.4 Å². The summed E-state index contributed by atoms with van der Waals surface area (Å²) in [4.78, 5) is 28.8. The number of nitrogens with zero attached hydrogens (tertiary/aromatic N) is 2. The summed E-state index contributed by atoms with van der Waals surface area (Å²) in [7, 11) is -2.63. The van der Waals surface area contributed by atoms with Gasteiger partial charge in [0.1, 0.15) is 18.3 Å². The van der Waals surface area contributed by atoms with E-state index in [-0.39, 0.29) is 23.3 Å². The minimum absolute atomic E-state index is 0.0259. The fourth-order valence-electron chi connectivity index (χ4n) is 4.24. The second-order valence-corrected chi connectivity index (χ2v) is 12.0. The molecule has 3 rings (SSSR count). The average molecular weight is 566 g/mol. The lowest BCUT2D eigenvalue weighted by molar-refractivity contribution is -0.140. The number of anilines is 1. The molecule has 1 atom stereocenters. The second kappa shape index (κ2) is 14.0. The molecular formula is C31H39N3O5S. The third kappa shape index (κ3) is 7.85. The van der Waals surface area contributed by atoms with Gasteiger partial charge in [-0.2, -0.15) is 0 Å². The first-order chi connectivity index (χ1) is 19.1. The minimum Gasteiger partial charge on any atom is -0.497 e. The number of amides is 2. The molecule has 0 fully saturated rings. The van der Waals surface area contributed by atoms with Gasteiger partial charge in [0.2, 0.25) is 11.8 Å². The Morgan fingerprint density at radius 2 is 1.55 bits per heavy atom. The molecule has 40 heavy (non-hydrogen) atoms. The summed E-state index contributed by atoms with van der Waals surface area (Å²) in [5.41, 5.74) is 2.15. The van der Waals surface area contributed by atoms with Crippen LogP contribution in [0.25, 0.3) is 0 Å². The van der Waals surface area contributed by atoms with Gasteiger partial charge in [-0.1, -0.05) is 68.8 Å². The summed E-state index contributed by atoms with van der Waals surface area (Å²) >= 11 is 0. The van der Waals surface area contributed by atoms with Gasteiger partial charge in [0, 0.05) is 13.1 Å². The Hall–Kier alpha value is -3.85. The zero-order valence-electron chi connectivity index (χ0n) is 23.8. The number of nitrogens with one attached hydrogen (secondary N) is 1. The molecule has 0 radical (unpaired) electrons. The minimum atomic E-state index is -4.14. The van der Waals surface area contributed by atoms with Crippen LogP contribution in [0.4, 0.5) is 5.69 Å². The molecule has 0 aliphatic heterocycles. The number of hydrogen-bond donors (Lipinski definition) is 1. The first kappa shape index (κ1) is 30.7. The Morgan fingerprint density at radius 3 is 2.10 bits per heavy atom. The van der Waals surface area contributed by atoms with Gasteiger partial charge < -0.3 is 15.0 Å². The van der Waals surface area contributed by atoms with E-state index in [0.717, 1.165) is 15.4 Å². The maximum Gasteiger partial charge on any atom is 0.264 e. The van der Waals surface area contributed by atoms with Crippen LogP contribution in [0.1, 0.15) is 38.3 Å². The van der Waals surface area contributed by atoms with Crippen LogP contribution in [0.2, 0.25) is 0 Å². The van der Waals surface area contributed by atoms with Crippen LogP contribution >= 0.6 is 0 Å². The highest BCUT2D eigenvalue weighted by Gasteiger charge is 2.33. The van der Waals surface area contributed by atoms with Crippen LogP contribution in [0.3, 0.4) is 0 Å². The lowest BCUT2D eigenvalue weighted by Gasteiger charge is -2.33. The number of aryl methyl sites for hydroxylation is 1. The van der Waals surface area contributed by atoms with Crippen molar-refractivity contribution in [3.05, 3.63) is 90.0 Å². The Morgan fingerprint density at radius 1 is 0.925 bits per heavy atom. The third-order valence-electron chi connectivity index (χ3n) is 6.51. The fourth-order valence-corrected chi connectivity index (χ4v) is 5.65. The van der Waals surface area contributed by atoms with Crippen LogP contribution in [0.15, 0.2) is 83.8 Å². The molecule has 2 amide bonds. The molecule has 1 N–H and O–H groups in total. The maximum atomic E-state index is 14.0. The van der Waals surface area contributed by atoms with Crippen molar-refractivity contribution in [3.63, 3.8) is 0 Å². The lowest BCUT2D eigenvalue weighted by Crippen LogP contribution is -2.52. The molecule has 3 aromatic carbocycles. The molecule has 0 aliphatic carbocycles. The number of ether oxygens (including phenoxy) is 1. The van der Waals surface area contributed by atoms with Crippen molar-refractivity contribution < 1.29 is 22.7 Å². The second-order valence-electron chi connectivity index (χ2n) is 10.1. The summed E-state index contributed by atoms with van der Waals surface area (Å²) in [6.07, 6.45) is 0.373. The molecule has 9 heteroatoms. The van der Waals surface area contributed by atoms with Crippen LogP contribution < -0.4 is 14.4 Å². The van der Waals surface area contributed by atoms with Gasteiger partial charge in [0.15, 0.2) is 0 Å². The quantitative estimate of drug-likeness (QED) is 0.322. The van der Waals surface area contributed by atoms with E-state index in [9.17, 15) is 18.0 Å². The molecule has 0 saturated heterocycles. The molecule has 0 saturated carbocycles. The van der Waals surface area contributed by atoms with E-state index in [1.54, 1.807) is 36.4 Å². The van der Waals surface area contributed by atoms with Crippen molar-refractivity contribution in [1.82, 2.24) is 10.2 Å². The Kier molecular flexibility index (Phi) is 10.7. The van der Waals surface area contributed by atoms with Gasteiger partial charge in [-0.15, -0.1) is 0 Å². The van der Waals surface area contributed by atoms with Crippen LogP contribution in [0.5, 0.6) is 5.75 Å². The molecule has 0 aliphatic rings. The number of hydrogen-bond acceptors (Lipinski definition) is 5. The van der Waals surface area contributed by atoms with Crippen molar-refractivity contribution in [1.29, 1.82) is 0 Å². The van der Waals surface area contributed by atoms with Gasteiger partial charge >= 0.3 is 0 Å². The number of benzene rings is 3. The van der Waals surface area contributed by atoms with Gasteiger partial charge in [-0.05, 0) is 61.2 Å². The first-order valence-corrected chi connectivity index (χ1v) is 14.8. The highest BCUT2D eigenvalue weighted by atomic mass is 32.2. The monoisotopic (exact) mass is 565 g/mol. The largest absolute Gasteiger partial charge is 0.497 e. The van der Waals surface area contributed by atoms with E-state index in [2.05, 4.69) is 5.32 Å². The van der Waals surface area contributed by atoms with Crippen molar-refractivity contribution in [2.24, 2.45) is 5.92 Å². The first-order valence-electron chi connectivity index (χ1n) is 13.4. The summed E-state index contributed by atoms with van der Waals surface area (Å²) in [5.74, 6) is 0.0176. The summed E-state index contributed by atoms with van der Waals surface area (Å²) in [6, 6.07) is 21.6. The topological polar surface area (TPSA) is 96.0 Å². The lowest BCUT2D eigenvalue weighted by atomic mass is 10.1. The van der Waals surface area contributed by atoms with Gasteiger partial charge in [-0.25, -0.2) is 8.42 Å². The Bertz CT molecular complexity index is 1360. The zero-order valence-corrected chi connectivity index (χ0v) is 24.6. The molecule has 8 nitrogen and oxygen atoms in total. The molecule has 214 valence electrons. The molecule has 0 spiro atoms. The standard InChI is InChI=1S/C31H39N3O5S/c1-6-29(31(36)32-20-23(2)3)33(21-25-10-8-7-9-11-25)30(35)22-34(26-14-12-24(4)13-15-26)40(37,38)28-18-16-27(39-5)17-19-28/h7-19,23,29H,6,20-22H2,1-5H3,(H,32,36). The predicted octanol–water partition coefficient (Wildman–Crippen LogP) is 4.78. The highest BCUT2D eigenvalue weighted by molar-refractivity contribution is 7.92. The molecular weight excluding hydrogens is 526 g/mol. The van der Waals surface area contributed by atoms with Crippen molar-refractivity contribution in [2.75, 3.05) is 24.5 Å². The van der Waals surface area contributed by atoms with Crippen molar-refractivity contribution >= 4 is 27.5 Å². The normalized spacial score (nSPS) is 12.1. The van der Waals surface area contributed by atoms with E-state index in [1.807, 2.05) is 58.0 Å². The number of methoxy groups -OCH3 is 1. The van der Waals surface area contributed by atoms with Gasteiger partial charge in [0.05, 0.1) is 17.7 Å². The summed E-state index contributed by atoms with van der Waals surface area (Å²) < 4.78 is 34.1. The van der Waals surface area contributed by atoms with Crippen molar-refractivity contribution in [3.8, 4) is 5.75 Å². The Labute approximate surface area is 238 Å². The number of carbonyl (C=O) groups is 2. The average Bonchev–Trinajstić information content (AvgIpc) is 2.95. The maximum absolute atomic E-state index is 14.0. The number of sulfonamides is 1.